The Bertz CT molecular complexity index is 653. The lowest BCUT2D eigenvalue weighted by molar-refractivity contribution is -0.142. The Morgan fingerprint density at radius 1 is 1.30 bits per heavy atom. The number of ether oxygens (including phenoxy) is 2. The number of hydrogen-bond donors (Lipinski definition) is 1. The molecule has 0 aliphatic rings. The second-order valence-corrected chi connectivity index (χ2v) is 5.60. The lowest BCUT2D eigenvalue weighted by Gasteiger charge is -2.01. The molecule has 1 aromatic heterocycles. The van der Waals surface area contributed by atoms with Crippen molar-refractivity contribution >= 4 is 28.7 Å². The van der Waals surface area contributed by atoms with Gasteiger partial charge in [0.25, 0.3) is 0 Å². The van der Waals surface area contributed by atoms with Crippen LogP contribution in [-0.2, 0) is 16.0 Å². The molecule has 0 atom stereocenters. The molecule has 2 aromatic rings. The SMILES string of the molecule is CCOC(=O)Cc1cnc(N/N=C/c2ccc(OCC)cc2)s1. The number of carbonyl (C=O) groups is 1. The predicted molar refractivity (Wildman–Crippen MR) is 91.3 cm³/mol. The van der Waals surface area contributed by atoms with Gasteiger partial charge in [0.1, 0.15) is 5.75 Å². The summed E-state index contributed by atoms with van der Waals surface area (Å²) in [4.78, 5) is 16.4. The fourth-order valence-electron chi connectivity index (χ4n) is 1.77. The second kappa shape index (κ2) is 8.89. The molecule has 7 heteroatoms. The van der Waals surface area contributed by atoms with Gasteiger partial charge in [0, 0.05) is 11.1 Å². The molecule has 23 heavy (non-hydrogen) atoms. The minimum Gasteiger partial charge on any atom is -0.494 e. The standard InChI is InChI=1S/C16H19N3O3S/c1-3-21-13-7-5-12(6-8-13)10-18-19-16-17-11-14(23-16)9-15(20)22-4-2/h5-8,10-11H,3-4,9H2,1-2H3,(H,17,19)/b18-10+. The lowest BCUT2D eigenvalue weighted by atomic mass is 10.2. The normalized spacial score (nSPS) is 10.7. The molecule has 2 rings (SSSR count). The molecule has 0 bridgehead atoms. The van der Waals surface area contributed by atoms with Gasteiger partial charge < -0.3 is 9.47 Å². The highest BCUT2D eigenvalue weighted by Gasteiger charge is 2.07. The molecule has 0 saturated carbocycles. The fraction of sp³-hybridized carbons (Fsp3) is 0.312. The van der Waals surface area contributed by atoms with Crippen LogP contribution >= 0.6 is 11.3 Å². The third-order valence-corrected chi connectivity index (χ3v) is 3.64. The first kappa shape index (κ1) is 17.0. The maximum atomic E-state index is 11.4. The van der Waals surface area contributed by atoms with Crippen LogP contribution < -0.4 is 10.2 Å². The van der Waals surface area contributed by atoms with Gasteiger partial charge in [-0.15, -0.1) is 0 Å². The number of hydrazone groups is 1. The molecular weight excluding hydrogens is 314 g/mol. The first-order valence-corrected chi connectivity index (χ1v) is 8.15. The summed E-state index contributed by atoms with van der Waals surface area (Å²) < 4.78 is 10.3. The molecule has 6 nitrogen and oxygen atoms in total. The summed E-state index contributed by atoms with van der Waals surface area (Å²) >= 11 is 1.37. The maximum Gasteiger partial charge on any atom is 0.311 e. The van der Waals surface area contributed by atoms with Gasteiger partial charge in [-0.25, -0.2) is 4.98 Å². The van der Waals surface area contributed by atoms with Gasteiger partial charge in [-0.2, -0.15) is 5.10 Å². The summed E-state index contributed by atoms with van der Waals surface area (Å²) in [6, 6.07) is 7.63. The first-order chi connectivity index (χ1) is 11.2. The topological polar surface area (TPSA) is 72.8 Å². The van der Waals surface area contributed by atoms with E-state index in [-0.39, 0.29) is 12.4 Å². The van der Waals surface area contributed by atoms with E-state index in [4.69, 9.17) is 9.47 Å². The highest BCUT2D eigenvalue weighted by Crippen LogP contribution is 2.19. The summed E-state index contributed by atoms with van der Waals surface area (Å²) in [5.74, 6) is 0.585. The molecule has 0 amide bonds. The number of hydrogen-bond acceptors (Lipinski definition) is 7. The third-order valence-electron chi connectivity index (χ3n) is 2.74. The molecule has 0 saturated heterocycles. The lowest BCUT2D eigenvalue weighted by Crippen LogP contribution is -2.06. The molecule has 0 unspecified atom stereocenters. The van der Waals surface area contributed by atoms with Crippen molar-refractivity contribution in [3.63, 3.8) is 0 Å². The zero-order valence-electron chi connectivity index (χ0n) is 13.1. The van der Waals surface area contributed by atoms with Crippen molar-refractivity contribution in [2.24, 2.45) is 5.10 Å². The minimum absolute atomic E-state index is 0.232. The summed E-state index contributed by atoms with van der Waals surface area (Å²) in [5, 5.41) is 4.76. The predicted octanol–water partition coefficient (Wildman–Crippen LogP) is 3.09. The number of nitrogens with zero attached hydrogens (tertiary/aromatic N) is 2. The van der Waals surface area contributed by atoms with Crippen molar-refractivity contribution in [3.8, 4) is 5.75 Å². The van der Waals surface area contributed by atoms with Crippen molar-refractivity contribution in [1.29, 1.82) is 0 Å². The molecule has 1 aromatic carbocycles. The average molecular weight is 333 g/mol. The number of rotatable bonds is 8. The molecular formula is C16H19N3O3S. The van der Waals surface area contributed by atoms with Crippen LogP contribution in [0.25, 0.3) is 0 Å². The van der Waals surface area contributed by atoms with Gasteiger partial charge in [-0.05, 0) is 43.7 Å². The van der Waals surface area contributed by atoms with Crippen molar-refractivity contribution in [2.75, 3.05) is 18.6 Å². The van der Waals surface area contributed by atoms with Crippen molar-refractivity contribution in [3.05, 3.63) is 40.9 Å². The van der Waals surface area contributed by atoms with Gasteiger partial charge >= 0.3 is 5.97 Å². The van der Waals surface area contributed by atoms with E-state index in [1.165, 1.54) is 11.3 Å². The van der Waals surface area contributed by atoms with Gasteiger partial charge in [0.05, 0.1) is 25.8 Å². The van der Waals surface area contributed by atoms with Gasteiger partial charge in [-0.3, -0.25) is 10.2 Å². The molecule has 1 heterocycles. The van der Waals surface area contributed by atoms with Gasteiger partial charge in [0.15, 0.2) is 0 Å². The molecule has 1 N–H and O–H groups in total. The molecule has 0 aliphatic carbocycles. The van der Waals surface area contributed by atoms with Crippen molar-refractivity contribution < 1.29 is 14.3 Å². The fourth-order valence-corrected chi connectivity index (χ4v) is 2.52. The summed E-state index contributed by atoms with van der Waals surface area (Å²) in [7, 11) is 0. The van der Waals surface area contributed by atoms with Crippen LogP contribution in [0.15, 0.2) is 35.6 Å². The number of benzene rings is 1. The van der Waals surface area contributed by atoms with Crippen LogP contribution in [0.4, 0.5) is 5.13 Å². The third kappa shape index (κ3) is 5.71. The number of esters is 1. The van der Waals surface area contributed by atoms with Crippen LogP contribution in [0.5, 0.6) is 5.75 Å². The van der Waals surface area contributed by atoms with E-state index in [0.717, 1.165) is 16.2 Å². The number of anilines is 1. The number of aromatic nitrogens is 1. The number of carbonyl (C=O) groups excluding carboxylic acids is 1. The first-order valence-electron chi connectivity index (χ1n) is 7.33. The van der Waals surface area contributed by atoms with Crippen molar-refractivity contribution in [1.82, 2.24) is 4.98 Å². The summed E-state index contributed by atoms with van der Waals surface area (Å²) in [6.07, 6.45) is 3.58. The quantitative estimate of drug-likeness (QED) is 0.456. The minimum atomic E-state index is -0.249. The van der Waals surface area contributed by atoms with E-state index in [0.29, 0.717) is 18.3 Å². The largest absolute Gasteiger partial charge is 0.494 e. The van der Waals surface area contributed by atoms with E-state index in [9.17, 15) is 4.79 Å². The molecule has 0 radical (unpaired) electrons. The zero-order chi connectivity index (χ0) is 16.5. The van der Waals surface area contributed by atoms with E-state index >= 15 is 0 Å². The molecule has 0 aliphatic heterocycles. The molecule has 0 spiro atoms. The Labute approximate surface area is 139 Å². The average Bonchev–Trinajstić information content (AvgIpc) is 2.97. The van der Waals surface area contributed by atoms with Crippen LogP contribution in [0.3, 0.4) is 0 Å². The van der Waals surface area contributed by atoms with Crippen LogP contribution in [-0.4, -0.2) is 30.4 Å². The molecule has 0 fully saturated rings. The van der Waals surface area contributed by atoms with E-state index in [1.54, 1.807) is 19.3 Å². The van der Waals surface area contributed by atoms with E-state index < -0.39 is 0 Å². The monoisotopic (exact) mass is 333 g/mol. The molecule has 122 valence electrons. The Kier molecular flexibility index (Phi) is 6.56. The Morgan fingerprint density at radius 3 is 2.78 bits per heavy atom. The van der Waals surface area contributed by atoms with Gasteiger partial charge in [-0.1, -0.05) is 11.3 Å². The van der Waals surface area contributed by atoms with Gasteiger partial charge in [0.2, 0.25) is 5.13 Å². The van der Waals surface area contributed by atoms with Crippen LogP contribution in [0.2, 0.25) is 0 Å². The highest BCUT2D eigenvalue weighted by molar-refractivity contribution is 7.15. The van der Waals surface area contributed by atoms with Crippen LogP contribution in [0.1, 0.15) is 24.3 Å². The maximum absolute atomic E-state index is 11.4. The van der Waals surface area contributed by atoms with Crippen molar-refractivity contribution in [2.45, 2.75) is 20.3 Å². The highest BCUT2D eigenvalue weighted by atomic mass is 32.1. The number of thiazole rings is 1. The Hall–Kier alpha value is -2.41. The van der Waals surface area contributed by atoms with E-state index in [2.05, 4.69) is 15.5 Å². The summed E-state index contributed by atoms with van der Waals surface area (Å²) in [6.45, 7) is 4.76. The Balaban J connectivity index is 1.85. The Morgan fingerprint density at radius 2 is 2.09 bits per heavy atom. The summed E-state index contributed by atoms with van der Waals surface area (Å²) in [5.41, 5.74) is 3.80. The van der Waals surface area contributed by atoms with Crippen LogP contribution in [0, 0.1) is 0 Å². The second-order valence-electron chi connectivity index (χ2n) is 4.49. The van der Waals surface area contributed by atoms with E-state index in [1.807, 2.05) is 31.2 Å². The smallest absolute Gasteiger partial charge is 0.311 e. The number of nitrogens with one attached hydrogen (secondary N) is 1. The zero-order valence-corrected chi connectivity index (χ0v) is 13.9.